The van der Waals surface area contributed by atoms with Gasteiger partial charge in [-0.25, -0.2) is 4.68 Å². The lowest BCUT2D eigenvalue weighted by Gasteiger charge is -2.30. The first-order valence-corrected chi connectivity index (χ1v) is 16.4. The van der Waals surface area contributed by atoms with Crippen molar-refractivity contribution in [2.75, 3.05) is 6.61 Å². The van der Waals surface area contributed by atoms with E-state index in [0.717, 1.165) is 41.7 Å². The number of aliphatic hydroxyl groups is 1. The Labute approximate surface area is 223 Å². The molecule has 0 spiro atoms. The first-order chi connectivity index (χ1) is 18.2. The third-order valence-corrected chi connectivity index (χ3v) is 10.3. The standard InChI is InChI=1S/C28H37N5O4Si/c1-19-25(37-26(27(19)38(2,3)36)13-15-32-18-21(14-16-34)29-31-32)12-11-20-7-6-8-22(17-20)33-28(35)23-9-4-5-10-24(23)30-33/h4-10,17-19,25-27,30,34,36H,11-16H2,1-3H3/t19-,25+,26-,27+/m0/s1. The van der Waals surface area contributed by atoms with Crippen molar-refractivity contribution >= 4 is 19.2 Å². The lowest BCUT2D eigenvalue weighted by molar-refractivity contribution is 0.0245. The molecule has 0 unspecified atom stereocenters. The molecular weight excluding hydrogens is 498 g/mol. The minimum absolute atomic E-state index is 0.0385. The van der Waals surface area contributed by atoms with Crippen LogP contribution >= 0.6 is 0 Å². The average molecular weight is 536 g/mol. The molecule has 1 aliphatic heterocycles. The Hall–Kier alpha value is -3.05. The molecule has 4 aromatic rings. The Morgan fingerprint density at radius 2 is 1.89 bits per heavy atom. The molecule has 0 amide bonds. The summed E-state index contributed by atoms with van der Waals surface area (Å²) in [7, 11) is -2.47. The molecule has 10 heteroatoms. The Balaban J connectivity index is 1.27. The molecule has 3 heterocycles. The molecule has 4 atom stereocenters. The van der Waals surface area contributed by atoms with Crippen molar-refractivity contribution in [2.45, 2.75) is 70.0 Å². The van der Waals surface area contributed by atoms with E-state index in [2.05, 4.69) is 34.5 Å². The number of benzene rings is 2. The number of hydrogen-bond acceptors (Lipinski definition) is 6. The Kier molecular flexibility index (Phi) is 7.67. The van der Waals surface area contributed by atoms with Crippen LogP contribution in [0.5, 0.6) is 0 Å². The van der Waals surface area contributed by atoms with Gasteiger partial charge in [-0.2, -0.15) is 0 Å². The summed E-state index contributed by atoms with van der Waals surface area (Å²) in [5.41, 5.74) is 3.63. The molecule has 2 aromatic carbocycles. The van der Waals surface area contributed by atoms with Gasteiger partial charge in [0.1, 0.15) is 0 Å². The lowest BCUT2D eigenvalue weighted by Crippen LogP contribution is -2.40. The van der Waals surface area contributed by atoms with Crippen molar-refractivity contribution in [1.29, 1.82) is 0 Å². The number of nitrogens with zero attached hydrogens (tertiary/aromatic N) is 4. The lowest BCUT2D eigenvalue weighted by atomic mass is 9.95. The van der Waals surface area contributed by atoms with Crippen LogP contribution in [-0.2, 0) is 24.1 Å². The normalized spacial score (nSPS) is 21.9. The largest absolute Gasteiger partial charge is 0.432 e. The van der Waals surface area contributed by atoms with Gasteiger partial charge in [0.05, 0.1) is 34.5 Å². The van der Waals surface area contributed by atoms with Crippen LogP contribution in [0.15, 0.2) is 59.5 Å². The van der Waals surface area contributed by atoms with Gasteiger partial charge >= 0.3 is 0 Å². The molecule has 0 bridgehead atoms. The predicted octanol–water partition coefficient (Wildman–Crippen LogP) is 3.44. The number of para-hydroxylation sites is 1. The van der Waals surface area contributed by atoms with E-state index in [-0.39, 0.29) is 35.8 Å². The summed E-state index contributed by atoms with van der Waals surface area (Å²) < 4.78 is 10.00. The zero-order valence-corrected chi connectivity index (χ0v) is 23.2. The van der Waals surface area contributed by atoms with Crippen LogP contribution in [0.1, 0.15) is 31.0 Å². The summed E-state index contributed by atoms with van der Waals surface area (Å²) in [4.78, 5) is 24.0. The number of aliphatic hydroxyl groups excluding tert-OH is 1. The number of nitrogens with one attached hydrogen (secondary N) is 1. The van der Waals surface area contributed by atoms with E-state index in [0.29, 0.717) is 18.4 Å². The second kappa shape index (κ2) is 11.0. The third kappa shape index (κ3) is 5.53. The van der Waals surface area contributed by atoms with E-state index in [1.807, 2.05) is 55.7 Å². The van der Waals surface area contributed by atoms with Crippen molar-refractivity contribution in [3.05, 3.63) is 76.3 Å². The van der Waals surface area contributed by atoms with Gasteiger partial charge in [0.15, 0.2) is 8.32 Å². The molecule has 202 valence electrons. The van der Waals surface area contributed by atoms with Crippen LogP contribution in [0.25, 0.3) is 16.6 Å². The van der Waals surface area contributed by atoms with Crippen molar-refractivity contribution < 1.29 is 14.6 Å². The van der Waals surface area contributed by atoms with E-state index in [9.17, 15) is 9.59 Å². The van der Waals surface area contributed by atoms with E-state index in [4.69, 9.17) is 9.84 Å². The van der Waals surface area contributed by atoms with Crippen LogP contribution in [0.2, 0.25) is 18.6 Å². The fourth-order valence-electron chi connectivity index (χ4n) is 6.02. The number of aromatic nitrogens is 5. The van der Waals surface area contributed by atoms with Crippen molar-refractivity contribution in [3.63, 3.8) is 0 Å². The third-order valence-electron chi connectivity index (χ3n) is 7.79. The predicted molar refractivity (Wildman–Crippen MR) is 149 cm³/mol. The van der Waals surface area contributed by atoms with Gasteiger partial charge in [-0.15, -0.1) is 5.10 Å². The molecule has 9 nitrogen and oxygen atoms in total. The number of hydrogen-bond donors (Lipinski definition) is 3. The van der Waals surface area contributed by atoms with Crippen LogP contribution in [0, 0.1) is 5.92 Å². The Morgan fingerprint density at radius 3 is 2.66 bits per heavy atom. The molecule has 1 aliphatic rings. The molecule has 5 rings (SSSR count). The maximum atomic E-state index is 12.9. The Bertz CT molecular complexity index is 1440. The number of ether oxygens (including phenoxy) is 1. The molecule has 0 aliphatic carbocycles. The quantitative estimate of drug-likeness (QED) is 0.268. The van der Waals surface area contributed by atoms with Gasteiger partial charge in [-0.05, 0) is 68.1 Å². The first-order valence-electron chi connectivity index (χ1n) is 13.4. The highest BCUT2D eigenvalue weighted by Crippen LogP contribution is 2.45. The van der Waals surface area contributed by atoms with Crippen molar-refractivity contribution in [1.82, 2.24) is 24.8 Å². The summed E-state index contributed by atoms with van der Waals surface area (Å²) >= 11 is 0. The highest BCUT2D eigenvalue weighted by molar-refractivity contribution is 6.71. The topological polar surface area (TPSA) is 118 Å². The van der Waals surface area contributed by atoms with Crippen LogP contribution < -0.4 is 5.56 Å². The summed E-state index contributed by atoms with van der Waals surface area (Å²) in [6.07, 6.45) is 4.78. The van der Waals surface area contributed by atoms with Crippen molar-refractivity contribution in [3.8, 4) is 5.69 Å². The van der Waals surface area contributed by atoms with Gasteiger partial charge in [0, 0.05) is 31.3 Å². The molecule has 0 radical (unpaired) electrons. The molecule has 1 saturated heterocycles. The number of H-pyrrole nitrogens is 1. The van der Waals surface area contributed by atoms with Gasteiger partial charge < -0.3 is 14.6 Å². The number of aryl methyl sites for hydroxylation is 2. The highest BCUT2D eigenvalue weighted by atomic mass is 28.4. The van der Waals surface area contributed by atoms with Gasteiger partial charge in [-0.1, -0.05) is 36.4 Å². The maximum Gasteiger partial charge on any atom is 0.279 e. The fraction of sp³-hybridized carbons (Fsp3) is 0.464. The van der Waals surface area contributed by atoms with E-state index < -0.39 is 8.32 Å². The maximum absolute atomic E-state index is 12.9. The zero-order chi connectivity index (χ0) is 26.9. The van der Waals surface area contributed by atoms with Crippen LogP contribution in [0.4, 0.5) is 0 Å². The average Bonchev–Trinajstić information content (AvgIpc) is 3.57. The van der Waals surface area contributed by atoms with Crippen molar-refractivity contribution in [2.24, 2.45) is 5.92 Å². The molecule has 1 fully saturated rings. The first kappa shape index (κ1) is 26.5. The summed E-state index contributed by atoms with van der Waals surface area (Å²) in [5.74, 6) is 0.242. The second-order valence-electron chi connectivity index (χ2n) is 11.0. The van der Waals surface area contributed by atoms with E-state index in [1.54, 1.807) is 9.36 Å². The zero-order valence-electron chi connectivity index (χ0n) is 22.2. The van der Waals surface area contributed by atoms with E-state index in [1.165, 1.54) is 0 Å². The highest BCUT2D eigenvalue weighted by Gasteiger charge is 2.49. The van der Waals surface area contributed by atoms with Crippen LogP contribution in [-0.4, -0.2) is 61.8 Å². The van der Waals surface area contributed by atoms with Gasteiger partial charge in [0.2, 0.25) is 0 Å². The molecular formula is C28H37N5O4Si. The second-order valence-corrected chi connectivity index (χ2v) is 15.0. The Morgan fingerprint density at radius 1 is 1.08 bits per heavy atom. The molecule has 0 saturated carbocycles. The number of fused-ring (bicyclic) bond motifs is 1. The monoisotopic (exact) mass is 535 g/mol. The minimum Gasteiger partial charge on any atom is -0.432 e. The molecule has 3 N–H and O–H groups in total. The minimum atomic E-state index is -2.47. The number of aromatic amines is 1. The SMILES string of the molecule is C[C@@H]1[C@@H]([Si](C)(C)O)[C@H](CCn2cc(CCO)nn2)O[C@@H]1CCc1cccc(-n2[nH]c3ccccc3c2=O)c1. The van der Waals surface area contributed by atoms with Crippen LogP contribution in [0.3, 0.4) is 0 Å². The fourth-order valence-corrected chi connectivity index (χ4v) is 8.67. The number of rotatable bonds is 10. The van der Waals surface area contributed by atoms with E-state index >= 15 is 0 Å². The molecule has 2 aromatic heterocycles. The smallest absolute Gasteiger partial charge is 0.279 e. The van der Waals surface area contributed by atoms with Gasteiger partial charge in [0.25, 0.3) is 5.56 Å². The van der Waals surface area contributed by atoms with Gasteiger partial charge in [-0.3, -0.25) is 14.6 Å². The summed E-state index contributed by atoms with van der Waals surface area (Å²) in [5, 5.41) is 21.3. The summed E-state index contributed by atoms with van der Waals surface area (Å²) in [6, 6.07) is 15.6. The molecule has 38 heavy (non-hydrogen) atoms. The summed E-state index contributed by atoms with van der Waals surface area (Å²) in [6.45, 7) is 6.92.